The lowest BCUT2D eigenvalue weighted by Crippen LogP contribution is -2.71. The van der Waals surface area contributed by atoms with Gasteiger partial charge in [0.05, 0.1) is 6.61 Å². The molecule has 0 bridgehead atoms. The molecule has 0 aliphatic carbocycles. The molecule has 1 unspecified atom stereocenters. The highest BCUT2D eigenvalue weighted by molar-refractivity contribution is 8.00. The van der Waals surface area contributed by atoms with E-state index in [1.807, 2.05) is 0 Å². The molecule has 4 rings (SSSR count). The summed E-state index contributed by atoms with van der Waals surface area (Å²) >= 11 is 2.35. The quantitative estimate of drug-likeness (QED) is 0.114. The molecule has 1 saturated heterocycles. The highest BCUT2D eigenvalue weighted by Gasteiger charge is 2.54. The maximum absolute atomic E-state index is 12.9. The number of nitrogens with one attached hydrogen (secondary N) is 3. The first-order chi connectivity index (χ1) is 17.2. The summed E-state index contributed by atoms with van der Waals surface area (Å²) in [6, 6.07) is -1.00. The number of hydrogen-bond donors (Lipinski definition) is 6. The lowest BCUT2D eigenvalue weighted by Gasteiger charge is -2.49. The van der Waals surface area contributed by atoms with E-state index < -0.39 is 41.4 Å². The fourth-order valence-corrected chi connectivity index (χ4v) is 5.35. The number of aromatic amines is 1. The number of fused-ring (bicyclic) bond motifs is 1. The summed E-state index contributed by atoms with van der Waals surface area (Å²) in [6.45, 7) is -0.637. The minimum atomic E-state index is -1.33. The van der Waals surface area contributed by atoms with E-state index in [0.717, 1.165) is 16.2 Å². The first-order valence-electron chi connectivity index (χ1n) is 10.1. The van der Waals surface area contributed by atoms with E-state index in [1.54, 1.807) is 0 Å². The van der Waals surface area contributed by atoms with Crippen molar-refractivity contribution in [1.29, 1.82) is 0 Å². The highest BCUT2D eigenvalue weighted by Crippen LogP contribution is 2.40. The first-order valence-corrected chi connectivity index (χ1v) is 12.0. The van der Waals surface area contributed by atoms with Crippen LogP contribution in [0.15, 0.2) is 26.6 Å². The summed E-state index contributed by atoms with van der Waals surface area (Å²) in [4.78, 5) is 61.7. The summed E-state index contributed by atoms with van der Waals surface area (Å²) in [5.41, 5.74) is 4.91. The molecule has 4 heterocycles. The third-order valence-electron chi connectivity index (χ3n) is 5.08. The molecule has 16 nitrogen and oxygen atoms in total. The lowest BCUT2D eigenvalue weighted by atomic mass is 10.0. The first kappa shape index (κ1) is 25.1. The van der Waals surface area contributed by atoms with Crippen LogP contribution in [0.2, 0.25) is 0 Å². The number of carboxylic acid groups (broad SMARTS) is 1. The van der Waals surface area contributed by atoms with Gasteiger partial charge in [0.1, 0.15) is 29.9 Å². The molecule has 190 valence electrons. The van der Waals surface area contributed by atoms with E-state index >= 15 is 0 Å². The fourth-order valence-electron chi connectivity index (χ4n) is 3.45. The van der Waals surface area contributed by atoms with Crippen molar-refractivity contribution in [2.45, 2.75) is 18.0 Å². The van der Waals surface area contributed by atoms with Crippen LogP contribution in [0.3, 0.4) is 0 Å². The molecule has 0 saturated carbocycles. The number of H-pyrrole nitrogens is 1. The van der Waals surface area contributed by atoms with Crippen molar-refractivity contribution in [2.24, 2.45) is 5.16 Å². The molecule has 7 N–H and O–H groups in total. The monoisotopic (exact) mass is 537 g/mol. The van der Waals surface area contributed by atoms with Crippen molar-refractivity contribution in [2.75, 3.05) is 30.5 Å². The van der Waals surface area contributed by atoms with Crippen molar-refractivity contribution < 1.29 is 29.4 Å². The van der Waals surface area contributed by atoms with Gasteiger partial charge in [-0.1, -0.05) is 5.16 Å². The van der Waals surface area contributed by atoms with Crippen molar-refractivity contribution in [3.8, 4) is 0 Å². The lowest BCUT2D eigenvalue weighted by molar-refractivity contribution is -0.150. The maximum atomic E-state index is 12.9. The van der Waals surface area contributed by atoms with Crippen LogP contribution in [0.4, 0.5) is 11.1 Å². The third-order valence-corrected chi connectivity index (χ3v) is 7.10. The van der Waals surface area contributed by atoms with Crippen LogP contribution in [0.25, 0.3) is 0 Å². The number of hydrogen-bond acceptors (Lipinski definition) is 14. The van der Waals surface area contributed by atoms with Crippen LogP contribution in [-0.2, 0) is 25.8 Å². The van der Waals surface area contributed by atoms with Gasteiger partial charge in [0.15, 0.2) is 16.5 Å². The van der Waals surface area contributed by atoms with Gasteiger partial charge in [-0.2, -0.15) is 0 Å². The Bertz CT molecular complexity index is 1340. The number of oxime groups is 1. The second-order valence-electron chi connectivity index (χ2n) is 7.27. The smallest absolute Gasteiger partial charge is 0.352 e. The minimum absolute atomic E-state index is 0.0331. The topological polar surface area (TPSA) is 238 Å². The zero-order valence-corrected chi connectivity index (χ0v) is 20.1. The zero-order valence-electron chi connectivity index (χ0n) is 18.4. The number of aromatic nitrogens is 4. The number of β-lactam (4-membered cyclic amide) rings is 1. The molecule has 36 heavy (non-hydrogen) atoms. The Morgan fingerprint density at radius 2 is 2.17 bits per heavy atom. The van der Waals surface area contributed by atoms with Gasteiger partial charge in [0.2, 0.25) is 5.95 Å². The molecule has 2 amide bonds. The van der Waals surface area contributed by atoms with Crippen LogP contribution in [0.5, 0.6) is 0 Å². The molecule has 0 radical (unpaired) electrons. The number of rotatable bonds is 9. The Kier molecular flexibility index (Phi) is 7.17. The van der Waals surface area contributed by atoms with E-state index in [9.17, 15) is 24.3 Å². The average Bonchev–Trinajstić information content (AvgIpc) is 3.29. The molecule has 0 spiro atoms. The predicted molar refractivity (Wildman–Crippen MR) is 127 cm³/mol. The maximum Gasteiger partial charge on any atom is 0.352 e. The van der Waals surface area contributed by atoms with Crippen molar-refractivity contribution in [3.05, 3.63) is 38.4 Å². The second kappa shape index (κ2) is 10.3. The molecule has 18 heteroatoms. The van der Waals surface area contributed by atoms with Crippen LogP contribution >= 0.6 is 23.1 Å². The van der Waals surface area contributed by atoms with Gasteiger partial charge in [-0.15, -0.1) is 33.3 Å². The molecular formula is C18H19N9O7S2. The number of carbonyl (C=O) groups is 3. The summed E-state index contributed by atoms with van der Waals surface area (Å²) in [6.07, 6.45) is 0. The molecular weight excluding hydrogens is 518 g/mol. The molecule has 2 aromatic heterocycles. The summed E-state index contributed by atoms with van der Waals surface area (Å²) < 4.78 is 0. The van der Waals surface area contributed by atoms with Gasteiger partial charge in [-0.3, -0.25) is 24.3 Å². The van der Waals surface area contributed by atoms with E-state index in [-0.39, 0.29) is 46.2 Å². The number of nitrogens with two attached hydrogens (primary N) is 1. The van der Waals surface area contributed by atoms with Crippen LogP contribution in [-0.4, -0.2) is 89.6 Å². The molecule has 1 fully saturated rings. The van der Waals surface area contributed by atoms with Crippen LogP contribution < -0.4 is 21.9 Å². The Labute approximate surface area is 209 Å². The number of aliphatic hydroxyl groups is 1. The summed E-state index contributed by atoms with van der Waals surface area (Å²) in [5.74, 6) is -2.50. The fraction of sp³-hybridized carbons (Fsp3) is 0.333. The average molecular weight is 538 g/mol. The molecule has 2 atom stereocenters. The van der Waals surface area contributed by atoms with E-state index in [2.05, 4.69) is 36.0 Å². The summed E-state index contributed by atoms with van der Waals surface area (Å²) in [5, 5.41) is 36.1. The normalized spacial score (nSPS) is 19.4. The Balaban J connectivity index is 1.48. The van der Waals surface area contributed by atoms with Gasteiger partial charge in [-0.25, -0.2) is 9.78 Å². The summed E-state index contributed by atoms with van der Waals surface area (Å²) in [7, 11) is 1.25. The van der Waals surface area contributed by atoms with Crippen molar-refractivity contribution in [1.82, 2.24) is 30.4 Å². The number of aliphatic hydroxyl groups excluding tert-OH is 1. The highest BCUT2D eigenvalue weighted by atomic mass is 32.2. The largest absolute Gasteiger partial charge is 0.477 e. The SMILES string of the molecule is CON=C(C(=O)NC1C(=O)N2C(C(=O)O)=C(CNc3nnc(CO)c(=O)[nH]3)CS[C@@H]12)c1csc(N)n1. The Hall–Kier alpha value is -4.03. The number of nitrogen functional groups attached to an aromatic ring is 1. The number of aliphatic carboxylic acids is 1. The van der Waals surface area contributed by atoms with Crippen molar-refractivity contribution >= 4 is 57.7 Å². The van der Waals surface area contributed by atoms with Gasteiger partial charge in [0.25, 0.3) is 17.4 Å². The number of amides is 2. The minimum Gasteiger partial charge on any atom is -0.477 e. The number of anilines is 2. The van der Waals surface area contributed by atoms with Crippen LogP contribution in [0, 0.1) is 0 Å². The number of thiazole rings is 1. The van der Waals surface area contributed by atoms with E-state index in [0.29, 0.717) is 5.57 Å². The van der Waals surface area contributed by atoms with E-state index in [4.69, 9.17) is 15.7 Å². The van der Waals surface area contributed by atoms with Crippen LogP contribution in [0.1, 0.15) is 11.4 Å². The molecule has 2 aromatic rings. The second-order valence-corrected chi connectivity index (χ2v) is 9.27. The zero-order chi connectivity index (χ0) is 26.0. The number of carboxylic acids is 1. The van der Waals surface area contributed by atoms with Crippen molar-refractivity contribution in [3.63, 3.8) is 0 Å². The predicted octanol–water partition coefficient (Wildman–Crippen LogP) is -2.10. The number of thioether (sulfide) groups is 1. The Morgan fingerprint density at radius 1 is 1.39 bits per heavy atom. The van der Waals surface area contributed by atoms with E-state index in [1.165, 1.54) is 24.3 Å². The van der Waals surface area contributed by atoms with Gasteiger partial charge >= 0.3 is 5.97 Å². The third kappa shape index (κ3) is 4.72. The molecule has 2 aliphatic heterocycles. The Morgan fingerprint density at radius 3 is 2.78 bits per heavy atom. The molecule has 0 aromatic carbocycles. The van der Waals surface area contributed by atoms with Gasteiger partial charge in [-0.05, 0) is 5.57 Å². The number of carbonyl (C=O) groups excluding carboxylic acids is 2. The van der Waals surface area contributed by atoms with Gasteiger partial charge < -0.3 is 31.4 Å². The standard InChI is InChI=1S/C18H19N9O7S2/c1-34-26-9(8-5-36-17(19)21-8)13(30)22-10-14(31)27-11(16(32)33)6(4-35-15(10)27)2-20-18-23-12(29)7(3-28)24-25-18/h5,10,15,28H,2-4H2,1H3,(H2,19,21)(H,22,30)(H,32,33)(H2,20,23,25,29)/t10?,15-/m0/s1. The molecule has 2 aliphatic rings. The number of nitrogens with zero attached hydrogens (tertiary/aromatic N) is 5. The van der Waals surface area contributed by atoms with Gasteiger partial charge in [0, 0.05) is 17.7 Å².